The molecule has 110 valence electrons. The maximum atomic E-state index is 12.6. The van der Waals surface area contributed by atoms with E-state index in [0.717, 1.165) is 0 Å². The number of nitrogens with two attached hydrogens (primary N) is 1. The van der Waals surface area contributed by atoms with E-state index in [1.165, 1.54) is 14.2 Å². The average Bonchev–Trinajstić information content (AvgIpc) is 2.54. The number of methoxy groups -OCH3 is 3. The molecule has 0 fully saturated rings. The Hall–Kier alpha value is -2.69. The Labute approximate surface area is 123 Å². The molecule has 2 N–H and O–H groups in total. The van der Waals surface area contributed by atoms with E-state index in [-0.39, 0.29) is 5.78 Å². The number of ketones is 1. The largest absolute Gasteiger partial charge is 0.497 e. The Bertz CT molecular complexity index is 667. The first-order valence-corrected chi connectivity index (χ1v) is 6.31. The van der Waals surface area contributed by atoms with Gasteiger partial charge in [0.25, 0.3) is 0 Å². The van der Waals surface area contributed by atoms with Crippen LogP contribution in [0.3, 0.4) is 0 Å². The van der Waals surface area contributed by atoms with Gasteiger partial charge in [-0.05, 0) is 36.4 Å². The molecule has 5 nitrogen and oxygen atoms in total. The van der Waals surface area contributed by atoms with E-state index in [1.54, 1.807) is 43.5 Å². The number of ether oxygens (including phenoxy) is 3. The van der Waals surface area contributed by atoms with Crippen LogP contribution in [0.1, 0.15) is 15.9 Å². The van der Waals surface area contributed by atoms with Crippen molar-refractivity contribution in [2.75, 3.05) is 27.1 Å². The Balaban J connectivity index is 2.48. The lowest BCUT2D eigenvalue weighted by molar-refractivity contribution is 0.103. The summed E-state index contributed by atoms with van der Waals surface area (Å²) in [7, 11) is 4.57. The predicted octanol–water partition coefficient (Wildman–Crippen LogP) is 2.53. The van der Waals surface area contributed by atoms with Gasteiger partial charge in [-0.2, -0.15) is 0 Å². The number of anilines is 1. The molecule has 2 aromatic rings. The van der Waals surface area contributed by atoms with Gasteiger partial charge in [0.15, 0.2) is 5.78 Å². The van der Waals surface area contributed by atoms with Gasteiger partial charge in [-0.3, -0.25) is 4.79 Å². The topological polar surface area (TPSA) is 70.8 Å². The molecule has 0 aromatic heterocycles. The lowest BCUT2D eigenvalue weighted by atomic mass is 10.0. The minimum Gasteiger partial charge on any atom is -0.497 e. The molecule has 0 aliphatic heterocycles. The highest BCUT2D eigenvalue weighted by atomic mass is 16.5. The van der Waals surface area contributed by atoms with E-state index >= 15 is 0 Å². The van der Waals surface area contributed by atoms with Gasteiger partial charge >= 0.3 is 0 Å². The summed E-state index contributed by atoms with van der Waals surface area (Å²) in [5.41, 5.74) is 7.12. The van der Waals surface area contributed by atoms with E-state index in [1.807, 2.05) is 0 Å². The van der Waals surface area contributed by atoms with Crippen molar-refractivity contribution in [3.05, 3.63) is 47.5 Å². The summed E-state index contributed by atoms with van der Waals surface area (Å²) in [5.74, 6) is 1.34. The van der Waals surface area contributed by atoms with Crippen molar-refractivity contribution >= 4 is 11.5 Å². The third-order valence-electron chi connectivity index (χ3n) is 3.15. The zero-order chi connectivity index (χ0) is 15.4. The van der Waals surface area contributed by atoms with Crippen molar-refractivity contribution in [1.82, 2.24) is 0 Å². The lowest BCUT2D eigenvalue weighted by Crippen LogP contribution is -2.05. The lowest BCUT2D eigenvalue weighted by Gasteiger charge is -2.11. The molecule has 0 spiro atoms. The highest BCUT2D eigenvalue weighted by molar-refractivity contribution is 6.11. The highest BCUT2D eigenvalue weighted by Crippen LogP contribution is 2.29. The number of hydrogen-bond donors (Lipinski definition) is 1. The van der Waals surface area contributed by atoms with Crippen molar-refractivity contribution in [3.8, 4) is 17.2 Å². The first-order chi connectivity index (χ1) is 10.1. The van der Waals surface area contributed by atoms with Crippen molar-refractivity contribution < 1.29 is 19.0 Å². The number of hydrogen-bond acceptors (Lipinski definition) is 5. The summed E-state index contributed by atoms with van der Waals surface area (Å²) in [6, 6.07) is 9.97. The monoisotopic (exact) mass is 287 g/mol. The normalized spacial score (nSPS) is 10.0. The van der Waals surface area contributed by atoms with Crippen LogP contribution in [-0.2, 0) is 0 Å². The van der Waals surface area contributed by atoms with E-state index in [2.05, 4.69) is 0 Å². The van der Waals surface area contributed by atoms with Crippen molar-refractivity contribution in [2.24, 2.45) is 0 Å². The van der Waals surface area contributed by atoms with Crippen LogP contribution < -0.4 is 19.9 Å². The average molecular weight is 287 g/mol. The second kappa shape index (κ2) is 6.17. The minimum absolute atomic E-state index is 0.191. The maximum absolute atomic E-state index is 12.6. The Morgan fingerprint density at radius 2 is 1.62 bits per heavy atom. The fourth-order valence-corrected chi connectivity index (χ4v) is 2.00. The summed E-state index contributed by atoms with van der Waals surface area (Å²) in [4.78, 5) is 12.6. The maximum Gasteiger partial charge on any atom is 0.197 e. The van der Waals surface area contributed by atoms with Crippen LogP contribution in [0.25, 0.3) is 0 Å². The second-order valence-electron chi connectivity index (χ2n) is 4.35. The molecule has 0 bridgehead atoms. The van der Waals surface area contributed by atoms with Crippen LogP contribution in [0.4, 0.5) is 5.69 Å². The Kier molecular flexibility index (Phi) is 4.33. The summed E-state index contributed by atoms with van der Waals surface area (Å²) < 4.78 is 15.5. The molecule has 0 atom stereocenters. The number of nitrogen functional groups attached to an aromatic ring is 1. The Morgan fingerprint density at radius 1 is 0.905 bits per heavy atom. The van der Waals surface area contributed by atoms with Crippen molar-refractivity contribution in [3.63, 3.8) is 0 Å². The van der Waals surface area contributed by atoms with Crippen LogP contribution in [0.15, 0.2) is 36.4 Å². The van der Waals surface area contributed by atoms with Gasteiger partial charge < -0.3 is 19.9 Å². The first kappa shape index (κ1) is 14.7. The molecular weight excluding hydrogens is 270 g/mol. The summed E-state index contributed by atoms with van der Waals surface area (Å²) in [6.07, 6.45) is 0. The third kappa shape index (κ3) is 2.91. The molecule has 2 aromatic carbocycles. The van der Waals surface area contributed by atoms with Crippen LogP contribution in [0.2, 0.25) is 0 Å². The Morgan fingerprint density at radius 3 is 2.24 bits per heavy atom. The van der Waals surface area contributed by atoms with Crippen LogP contribution >= 0.6 is 0 Å². The summed E-state index contributed by atoms with van der Waals surface area (Å²) in [5, 5.41) is 0. The van der Waals surface area contributed by atoms with E-state index in [0.29, 0.717) is 34.1 Å². The quantitative estimate of drug-likeness (QED) is 0.676. The molecule has 21 heavy (non-hydrogen) atoms. The first-order valence-electron chi connectivity index (χ1n) is 6.31. The van der Waals surface area contributed by atoms with Gasteiger partial charge in [0, 0.05) is 5.56 Å². The predicted molar refractivity (Wildman–Crippen MR) is 80.4 cm³/mol. The van der Waals surface area contributed by atoms with Crippen LogP contribution in [0.5, 0.6) is 17.2 Å². The van der Waals surface area contributed by atoms with E-state index in [4.69, 9.17) is 19.9 Å². The molecule has 0 aliphatic carbocycles. The van der Waals surface area contributed by atoms with Crippen molar-refractivity contribution in [2.45, 2.75) is 0 Å². The minimum atomic E-state index is -0.191. The zero-order valence-electron chi connectivity index (χ0n) is 12.2. The smallest absolute Gasteiger partial charge is 0.197 e. The second-order valence-corrected chi connectivity index (χ2v) is 4.35. The SMILES string of the molecule is COc1ccc(OC)c(C(=O)c2ccc(N)c(OC)c2)c1. The molecule has 0 aliphatic rings. The van der Waals surface area contributed by atoms with Crippen LogP contribution in [-0.4, -0.2) is 27.1 Å². The van der Waals surface area contributed by atoms with Crippen LogP contribution in [0, 0.1) is 0 Å². The molecule has 2 rings (SSSR count). The molecule has 0 saturated heterocycles. The van der Waals surface area contributed by atoms with E-state index < -0.39 is 0 Å². The van der Waals surface area contributed by atoms with Gasteiger partial charge in [0.1, 0.15) is 17.2 Å². The molecule has 0 radical (unpaired) electrons. The van der Waals surface area contributed by atoms with Gasteiger partial charge in [-0.25, -0.2) is 0 Å². The highest BCUT2D eigenvalue weighted by Gasteiger charge is 2.17. The number of benzene rings is 2. The van der Waals surface area contributed by atoms with Gasteiger partial charge in [-0.1, -0.05) is 0 Å². The van der Waals surface area contributed by atoms with Crippen molar-refractivity contribution in [1.29, 1.82) is 0 Å². The van der Waals surface area contributed by atoms with Gasteiger partial charge in [0.05, 0.1) is 32.6 Å². The standard InChI is InChI=1S/C16H17NO4/c1-19-11-5-7-14(20-2)12(9-11)16(18)10-4-6-13(17)15(8-10)21-3/h4-9H,17H2,1-3H3. The molecule has 0 unspecified atom stereocenters. The molecule has 5 heteroatoms. The number of carbonyl (C=O) groups excluding carboxylic acids is 1. The van der Waals surface area contributed by atoms with E-state index in [9.17, 15) is 4.79 Å². The zero-order valence-corrected chi connectivity index (χ0v) is 12.2. The molecular formula is C16H17NO4. The fourth-order valence-electron chi connectivity index (χ4n) is 2.00. The number of carbonyl (C=O) groups is 1. The number of rotatable bonds is 5. The molecule has 0 heterocycles. The molecule has 0 saturated carbocycles. The van der Waals surface area contributed by atoms with Gasteiger partial charge in [0.2, 0.25) is 0 Å². The summed E-state index contributed by atoms with van der Waals surface area (Å²) >= 11 is 0. The molecule has 0 amide bonds. The third-order valence-corrected chi connectivity index (χ3v) is 3.15. The summed E-state index contributed by atoms with van der Waals surface area (Å²) in [6.45, 7) is 0. The van der Waals surface area contributed by atoms with Gasteiger partial charge in [-0.15, -0.1) is 0 Å². The fraction of sp³-hybridized carbons (Fsp3) is 0.188.